The van der Waals surface area contributed by atoms with Crippen molar-refractivity contribution in [3.8, 4) is 0 Å². The van der Waals surface area contributed by atoms with Crippen LogP contribution in [0.4, 0.5) is 0 Å². The SMILES string of the molecule is CCCCC(=O)/C(=C/COC)[Se]CC. The van der Waals surface area contributed by atoms with Gasteiger partial charge in [0.05, 0.1) is 0 Å². The molecule has 0 unspecified atom stereocenters. The van der Waals surface area contributed by atoms with Crippen LogP contribution in [0, 0.1) is 0 Å². The fourth-order valence-corrected chi connectivity index (χ4v) is 2.62. The first kappa shape index (κ1) is 13.9. The molecule has 0 saturated heterocycles. The third-order valence-corrected chi connectivity index (χ3v) is 3.85. The van der Waals surface area contributed by atoms with Gasteiger partial charge in [-0.2, -0.15) is 0 Å². The molecule has 0 aromatic carbocycles. The Morgan fingerprint density at radius 1 is 1.43 bits per heavy atom. The van der Waals surface area contributed by atoms with Gasteiger partial charge in [0.15, 0.2) is 0 Å². The van der Waals surface area contributed by atoms with Crippen LogP contribution in [0.2, 0.25) is 5.32 Å². The van der Waals surface area contributed by atoms with Crippen LogP contribution in [-0.2, 0) is 9.53 Å². The monoisotopic (exact) mass is 264 g/mol. The van der Waals surface area contributed by atoms with E-state index in [1.165, 1.54) is 0 Å². The van der Waals surface area contributed by atoms with Crippen molar-refractivity contribution in [2.24, 2.45) is 0 Å². The summed E-state index contributed by atoms with van der Waals surface area (Å²) in [7, 11) is 1.66. The molecule has 0 radical (unpaired) electrons. The molecule has 0 aromatic heterocycles. The second-order valence-electron chi connectivity index (χ2n) is 2.98. The Kier molecular flexibility index (Phi) is 9.37. The number of carbonyl (C=O) groups is 1. The summed E-state index contributed by atoms with van der Waals surface area (Å²) in [6, 6.07) is 0. The van der Waals surface area contributed by atoms with Crippen molar-refractivity contribution in [1.82, 2.24) is 0 Å². The molecule has 0 fully saturated rings. The Labute approximate surface area is 93.3 Å². The molecular weight excluding hydrogens is 243 g/mol. The Morgan fingerprint density at radius 2 is 2.14 bits per heavy atom. The van der Waals surface area contributed by atoms with Gasteiger partial charge in [0.2, 0.25) is 0 Å². The van der Waals surface area contributed by atoms with E-state index >= 15 is 0 Å². The van der Waals surface area contributed by atoms with Crippen molar-refractivity contribution < 1.29 is 9.53 Å². The van der Waals surface area contributed by atoms with Gasteiger partial charge >= 0.3 is 93.0 Å². The summed E-state index contributed by atoms with van der Waals surface area (Å²) in [5.41, 5.74) is 0. The van der Waals surface area contributed by atoms with Crippen LogP contribution in [0.5, 0.6) is 0 Å². The molecular formula is C11H20O2Se. The molecule has 0 aliphatic carbocycles. The third-order valence-electron chi connectivity index (χ3n) is 1.77. The zero-order chi connectivity index (χ0) is 10.8. The van der Waals surface area contributed by atoms with Gasteiger partial charge < -0.3 is 0 Å². The molecule has 0 aliphatic heterocycles. The van der Waals surface area contributed by atoms with E-state index < -0.39 is 0 Å². The summed E-state index contributed by atoms with van der Waals surface area (Å²) in [5, 5.41) is 1.08. The summed E-state index contributed by atoms with van der Waals surface area (Å²) >= 11 is 0.337. The van der Waals surface area contributed by atoms with Crippen LogP contribution in [-0.4, -0.2) is 34.5 Å². The minimum absolute atomic E-state index is 0.325. The van der Waals surface area contributed by atoms with Gasteiger partial charge in [0.1, 0.15) is 0 Å². The average Bonchev–Trinajstić information content (AvgIpc) is 2.20. The van der Waals surface area contributed by atoms with Gasteiger partial charge in [-0.05, 0) is 0 Å². The summed E-state index contributed by atoms with van der Waals surface area (Å²) in [6.45, 7) is 4.79. The van der Waals surface area contributed by atoms with Gasteiger partial charge in [-0.25, -0.2) is 0 Å². The predicted octanol–water partition coefficient (Wildman–Crippen LogP) is 2.42. The van der Waals surface area contributed by atoms with Crippen LogP contribution in [0.1, 0.15) is 33.1 Å². The van der Waals surface area contributed by atoms with Crippen LogP contribution in [0.3, 0.4) is 0 Å². The van der Waals surface area contributed by atoms with Crippen molar-refractivity contribution in [3.63, 3.8) is 0 Å². The molecule has 0 atom stereocenters. The second-order valence-corrected chi connectivity index (χ2v) is 5.72. The van der Waals surface area contributed by atoms with Crippen LogP contribution in [0.15, 0.2) is 10.5 Å². The van der Waals surface area contributed by atoms with Gasteiger partial charge in [-0.1, -0.05) is 0 Å². The first-order chi connectivity index (χ1) is 6.76. The van der Waals surface area contributed by atoms with Gasteiger partial charge in [-0.3, -0.25) is 0 Å². The number of ether oxygens (including phenoxy) is 1. The summed E-state index contributed by atoms with van der Waals surface area (Å²) < 4.78 is 5.96. The van der Waals surface area contributed by atoms with E-state index in [2.05, 4.69) is 13.8 Å². The van der Waals surface area contributed by atoms with Crippen molar-refractivity contribution >= 4 is 20.7 Å². The number of allylic oxidation sites excluding steroid dienone is 1. The predicted molar refractivity (Wildman–Crippen MR) is 60.7 cm³/mol. The number of rotatable bonds is 8. The van der Waals surface area contributed by atoms with Crippen LogP contribution in [0.25, 0.3) is 0 Å². The quantitative estimate of drug-likeness (QED) is 0.496. The van der Waals surface area contributed by atoms with Gasteiger partial charge in [0, 0.05) is 0 Å². The normalized spacial score (nSPS) is 11.8. The standard InChI is InChI=1S/C11H20O2Se/c1-4-6-7-10(12)11(14-5-2)8-9-13-3/h8H,4-7,9H2,1-3H3/b11-8-. The van der Waals surface area contributed by atoms with E-state index in [4.69, 9.17) is 4.74 Å². The third kappa shape index (κ3) is 6.36. The topological polar surface area (TPSA) is 26.3 Å². The summed E-state index contributed by atoms with van der Waals surface area (Å²) in [4.78, 5) is 11.7. The molecule has 3 heteroatoms. The van der Waals surface area contributed by atoms with E-state index in [0.717, 1.165) is 22.6 Å². The van der Waals surface area contributed by atoms with E-state index in [1.807, 2.05) is 6.08 Å². The molecule has 0 N–H and O–H groups in total. The second kappa shape index (κ2) is 9.44. The van der Waals surface area contributed by atoms with Crippen molar-refractivity contribution in [2.75, 3.05) is 13.7 Å². The zero-order valence-electron chi connectivity index (χ0n) is 9.34. The molecule has 2 nitrogen and oxygen atoms in total. The van der Waals surface area contributed by atoms with Gasteiger partial charge in [0.25, 0.3) is 0 Å². The summed E-state index contributed by atoms with van der Waals surface area (Å²) in [5.74, 6) is 0.325. The van der Waals surface area contributed by atoms with Crippen molar-refractivity contribution in [3.05, 3.63) is 10.5 Å². The molecule has 14 heavy (non-hydrogen) atoms. The van der Waals surface area contributed by atoms with E-state index in [9.17, 15) is 4.79 Å². The molecule has 0 aromatic rings. The number of Topliss-reactive ketones (excluding diaryl/α,β-unsaturated/α-hetero) is 1. The Morgan fingerprint density at radius 3 is 2.64 bits per heavy atom. The van der Waals surface area contributed by atoms with Crippen molar-refractivity contribution in [2.45, 2.75) is 38.4 Å². The molecule has 0 amide bonds. The number of hydrogen-bond donors (Lipinski definition) is 0. The Hall–Kier alpha value is -0.111. The van der Waals surface area contributed by atoms with E-state index in [-0.39, 0.29) is 0 Å². The van der Waals surface area contributed by atoms with E-state index in [1.54, 1.807) is 7.11 Å². The Balaban J connectivity index is 4.10. The maximum atomic E-state index is 11.7. The zero-order valence-corrected chi connectivity index (χ0v) is 11.1. The molecule has 0 aliphatic rings. The first-order valence-corrected chi connectivity index (χ1v) is 7.18. The Bertz CT molecular complexity index is 188. The molecule has 82 valence electrons. The number of methoxy groups -OCH3 is 1. The fraction of sp³-hybridized carbons (Fsp3) is 0.727. The fourth-order valence-electron chi connectivity index (χ4n) is 1.03. The molecule has 0 saturated carbocycles. The number of ketones is 1. The number of hydrogen-bond acceptors (Lipinski definition) is 2. The van der Waals surface area contributed by atoms with Gasteiger partial charge in [-0.15, -0.1) is 0 Å². The maximum absolute atomic E-state index is 11.7. The first-order valence-electron chi connectivity index (χ1n) is 5.11. The van der Waals surface area contributed by atoms with Crippen LogP contribution >= 0.6 is 0 Å². The average molecular weight is 263 g/mol. The molecule has 0 heterocycles. The minimum atomic E-state index is 0.325. The number of unbranched alkanes of at least 4 members (excludes halogenated alkanes) is 1. The molecule has 0 spiro atoms. The summed E-state index contributed by atoms with van der Waals surface area (Å²) in [6.07, 6.45) is 4.74. The molecule has 0 rings (SSSR count). The van der Waals surface area contributed by atoms with Crippen molar-refractivity contribution in [1.29, 1.82) is 0 Å². The number of carbonyl (C=O) groups excluding carboxylic acids is 1. The van der Waals surface area contributed by atoms with Crippen LogP contribution < -0.4 is 0 Å². The van der Waals surface area contributed by atoms with E-state index in [0.29, 0.717) is 33.8 Å². The molecule has 0 bridgehead atoms.